The predicted octanol–water partition coefficient (Wildman–Crippen LogP) is 0.453. The number of aliphatic hydroxyl groups excluding tert-OH is 1. The van der Waals surface area contributed by atoms with Gasteiger partial charge in [0.2, 0.25) is 10.0 Å². The molecule has 0 radical (unpaired) electrons. The first-order valence-electron chi connectivity index (χ1n) is 4.73. The summed E-state index contributed by atoms with van der Waals surface area (Å²) in [5.74, 6) is 0.296. The van der Waals surface area contributed by atoms with Gasteiger partial charge in [0.1, 0.15) is 5.75 Å². The quantitative estimate of drug-likeness (QED) is 0.818. The van der Waals surface area contributed by atoms with Gasteiger partial charge in [-0.1, -0.05) is 6.07 Å². The Morgan fingerprint density at radius 1 is 1.44 bits per heavy atom. The smallest absolute Gasteiger partial charge is 0.237 e. The van der Waals surface area contributed by atoms with E-state index in [1.807, 2.05) is 0 Å². The molecule has 16 heavy (non-hydrogen) atoms. The number of hydrogen-bond donors (Lipinski definition) is 1. The minimum atomic E-state index is -3.46. The normalized spacial score (nSPS) is 11.2. The average molecular weight is 245 g/mol. The monoisotopic (exact) mass is 245 g/mol. The maximum Gasteiger partial charge on any atom is 0.237 e. The first-order chi connectivity index (χ1) is 7.51. The molecule has 0 heterocycles. The fourth-order valence-electron chi connectivity index (χ4n) is 1.22. The Morgan fingerprint density at radius 3 is 2.69 bits per heavy atom. The molecule has 0 bridgehead atoms. The number of nitrogens with zero attached hydrogens (tertiary/aromatic N) is 1. The molecule has 5 nitrogen and oxygen atoms in total. The summed E-state index contributed by atoms with van der Waals surface area (Å²) in [5, 5.41) is 8.67. The average Bonchev–Trinajstić information content (AvgIpc) is 2.28. The molecule has 0 aliphatic rings. The summed E-state index contributed by atoms with van der Waals surface area (Å²) >= 11 is 0. The highest BCUT2D eigenvalue weighted by Crippen LogP contribution is 2.21. The summed E-state index contributed by atoms with van der Waals surface area (Å²) in [7, 11) is -0.501. The molecule has 1 N–H and O–H groups in total. The lowest BCUT2D eigenvalue weighted by Crippen LogP contribution is -2.30. The number of benzene rings is 1. The van der Waals surface area contributed by atoms with Crippen molar-refractivity contribution in [2.75, 3.05) is 30.8 Å². The first kappa shape index (κ1) is 12.8. The molecular weight excluding hydrogens is 230 g/mol. The van der Waals surface area contributed by atoms with E-state index in [4.69, 9.17) is 9.84 Å². The summed E-state index contributed by atoms with van der Waals surface area (Å²) in [6.07, 6.45) is 0. The lowest BCUT2D eigenvalue weighted by molar-refractivity contribution is 0.319. The molecular formula is C10H15NO4S. The largest absolute Gasteiger partial charge is 0.497 e. The zero-order valence-corrected chi connectivity index (χ0v) is 10.1. The van der Waals surface area contributed by atoms with Crippen LogP contribution in [-0.4, -0.2) is 40.0 Å². The molecule has 0 fully saturated rings. The summed E-state index contributed by atoms with van der Waals surface area (Å²) in [6, 6.07) is 6.72. The van der Waals surface area contributed by atoms with Gasteiger partial charge in [-0.15, -0.1) is 0 Å². The van der Waals surface area contributed by atoms with Gasteiger partial charge in [-0.3, -0.25) is 4.31 Å². The molecule has 0 aliphatic carbocycles. The van der Waals surface area contributed by atoms with Crippen LogP contribution in [0.15, 0.2) is 24.3 Å². The molecule has 90 valence electrons. The highest BCUT2D eigenvalue weighted by molar-refractivity contribution is 7.92. The summed E-state index contributed by atoms with van der Waals surface area (Å²) in [5.41, 5.74) is 0.507. The van der Waals surface area contributed by atoms with Crippen LogP contribution in [0.25, 0.3) is 0 Å². The molecule has 0 saturated carbocycles. The molecule has 0 aliphatic heterocycles. The molecule has 0 amide bonds. The van der Waals surface area contributed by atoms with E-state index in [9.17, 15) is 8.42 Å². The minimum Gasteiger partial charge on any atom is -0.497 e. The Kier molecular flexibility index (Phi) is 4.14. The third-order valence-corrected chi connectivity index (χ3v) is 3.93. The number of hydrogen-bond acceptors (Lipinski definition) is 4. The molecule has 6 heteroatoms. The standard InChI is InChI=1S/C10H15NO4S/c1-11(16(13,14)7-6-12)9-4-3-5-10(8-9)15-2/h3-5,8,12H,6-7H2,1-2H3. The summed E-state index contributed by atoms with van der Waals surface area (Å²) in [6.45, 7) is -0.392. The van der Waals surface area contributed by atoms with Gasteiger partial charge < -0.3 is 9.84 Å². The van der Waals surface area contributed by atoms with Gasteiger partial charge in [0.05, 0.1) is 25.2 Å². The van der Waals surface area contributed by atoms with Gasteiger partial charge >= 0.3 is 0 Å². The highest BCUT2D eigenvalue weighted by atomic mass is 32.2. The maximum atomic E-state index is 11.7. The Labute approximate surface area is 95.3 Å². The topological polar surface area (TPSA) is 66.8 Å². The lowest BCUT2D eigenvalue weighted by atomic mass is 10.3. The second kappa shape index (κ2) is 5.18. The van der Waals surface area contributed by atoms with E-state index >= 15 is 0 Å². The Hall–Kier alpha value is -1.27. The van der Waals surface area contributed by atoms with E-state index in [1.165, 1.54) is 14.2 Å². The van der Waals surface area contributed by atoms with Crippen molar-refractivity contribution in [3.8, 4) is 5.75 Å². The number of ether oxygens (including phenoxy) is 1. The third-order valence-electron chi connectivity index (χ3n) is 2.18. The molecule has 1 aromatic carbocycles. The van der Waals surface area contributed by atoms with Gasteiger partial charge in [0.15, 0.2) is 0 Å². The first-order valence-corrected chi connectivity index (χ1v) is 6.33. The number of sulfonamides is 1. The molecule has 0 saturated heterocycles. The Balaban J connectivity index is 3.00. The number of aliphatic hydroxyl groups is 1. The fourth-order valence-corrected chi connectivity index (χ4v) is 2.16. The van der Waals surface area contributed by atoms with Gasteiger partial charge in [-0.25, -0.2) is 8.42 Å². The molecule has 0 spiro atoms. The zero-order valence-electron chi connectivity index (χ0n) is 9.25. The van der Waals surface area contributed by atoms with Crippen molar-refractivity contribution in [1.29, 1.82) is 0 Å². The van der Waals surface area contributed by atoms with E-state index < -0.39 is 16.6 Å². The van der Waals surface area contributed by atoms with Crippen LogP contribution >= 0.6 is 0 Å². The second-order valence-electron chi connectivity index (χ2n) is 3.21. The van der Waals surface area contributed by atoms with E-state index in [-0.39, 0.29) is 5.75 Å². The van der Waals surface area contributed by atoms with Crippen LogP contribution in [0.4, 0.5) is 5.69 Å². The lowest BCUT2D eigenvalue weighted by Gasteiger charge is -2.19. The molecule has 1 aromatic rings. The van der Waals surface area contributed by atoms with Crippen molar-refractivity contribution in [3.63, 3.8) is 0 Å². The zero-order chi connectivity index (χ0) is 12.2. The van der Waals surface area contributed by atoms with Crippen molar-refractivity contribution >= 4 is 15.7 Å². The van der Waals surface area contributed by atoms with Gasteiger partial charge in [0.25, 0.3) is 0 Å². The van der Waals surface area contributed by atoms with E-state index in [0.717, 1.165) is 4.31 Å². The van der Waals surface area contributed by atoms with Crippen LogP contribution < -0.4 is 9.04 Å². The van der Waals surface area contributed by atoms with Crippen LogP contribution in [0.5, 0.6) is 5.75 Å². The number of rotatable bonds is 5. The van der Waals surface area contributed by atoms with Crippen molar-refractivity contribution < 1.29 is 18.3 Å². The van der Waals surface area contributed by atoms with Crippen molar-refractivity contribution in [2.24, 2.45) is 0 Å². The van der Waals surface area contributed by atoms with Crippen LogP contribution in [-0.2, 0) is 10.0 Å². The second-order valence-corrected chi connectivity index (χ2v) is 5.33. The van der Waals surface area contributed by atoms with Gasteiger partial charge in [0, 0.05) is 13.1 Å². The minimum absolute atomic E-state index is 0.291. The van der Waals surface area contributed by atoms with Crippen LogP contribution in [0.1, 0.15) is 0 Å². The predicted molar refractivity (Wildman–Crippen MR) is 62.3 cm³/mol. The maximum absolute atomic E-state index is 11.7. The third kappa shape index (κ3) is 2.86. The summed E-state index contributed by atoms with van der Waals surface area (Å²) < 4.78 is 29.4. The number of anilines is 1. The van der Waals surface area contributed by atoms with Gasteiger partial charge in [-0.2, -0.15) is 0 Å². The highest BCUT2D eigenvalue weighted by Gasteiger charge is 2.17. The molecule has 0 aromatic heterocycles. The molecule has 0 atom stereocenters. The van der Waals surface area contributed by atoms with Crippen molar-refractivity contribution in [3.05, 3.63) is 24.3 Å². The summed E-state index contributed by atoms with van der Waals surface area (Å²) in [4.78, 5) is 0. The SMILES string of the molecule is COc1cccc(N(C)S(=O)(=O)CCO)c1. The molecule has 1 rings (SSSR count). The van der Waals surface area contributed by atoms with Crippen LogP contribution in [0.2, 0.25) is 0 Å². The van der Waals surface area contributed by atoms with Crippen molar-refractivity contribution in [1.82, 2.24) is 0 Å². The van der Waals surface area contributed by atoms with Gasteiger partial charge in [-0.05, 0) is 12.1 Å². The van der Waals surface area contributed by atoms with E-state index in [1.54, 1.807) is 24.3 Å². The Morgan fingerprint density at radius 2 is 2.12 bits per heavy atom. The van der Waals surface area contributed by atoms with Crippen LogP contribution in [0, 0.1) is 0 Å². The number of methoxy groups -OCH3 is 1. The molecule has 0 unspecified atom stereocenters. The van der Waals surface area contributed by atoms with Crippen LogP contribution in [0.3, 0.4) is 0 Å². The van der Waals surface area contributed by atoms with E-state index in [0.29, 0.717) is 11.4 Å². The Bertz CT molecular complexity index is 444. The van der Waals surface area contributed by atoms with Crippen molar-refractivity contribution in [2.45, 2.75) is 0 Å². The fraction of sp³-hybridized carbons (Fsp3) is 0.400. The van der Waals surface area contributed by atoms with E-state index in [2.05, 4.69) is 0 Å².